The first-order valence-electron chi connectivity index (χ1n) is 6.70. The highest BCUT2D eigenvalue weighted by Crippen LogP contribution is 2.62. The van der Waals surface area contributed by atoms with Gasteiger partial charge in [-0.05, 0) is 36.0 Å². The van der Waals surface area contributed by atoms with Gasteiger partial charge in [0.05, 0.1) is 13.5 Å². The molecule has 0 saturated heterocycles. The van der Waals surface area contributed by atoms with Crippen LogP contribution in [0.5, 0.6) is 0 Å². The van der Waals surface area contributed by atoms with Crippen LogP contribution in [-0.2, 0) is 9.53 Å². The fourth-order valence-electron chi connectivity index (χ4n) is 4.23. The van der Waals surface area contributed by atoms with Gasteiger partial charge in [-0.2, -0.15) is 0 Å². The maximum Gasteiger partial charge on any atom is 0.306 e. The first-order valence-corrected chi connectivity index (χ1v) is 6.70. The maximum atomic E-state index is 11.1. The number of carbonyl (C=O) groups is 1. The SMILES string of the molecule is COC(=O)CCNC1C(C)(C)[C@H]2CC[C@]1(C)C2. The van der Waals surface area contributed by atoms with Crippen LogP contribution in [0.2, 0.25) is 0 Å². The number of ether oxygens (including phenoxy) is 1. The Morgan fingerprint density at radius 2 is 2.12 bits per heavy atom. The van der Waals surface area contributed by atoms with E-state index in [9.17, 15) is 4.79 Å². The van der Waals surface area contributed by atoms with Crippen molar-refractivity contribution < 1.29 is 9.53 Å². The van der Waals surface area contributed by atoms with Crippen molar-refractivity contribution in [3.63, 3.8) is 0 Å². The third kappa shape index (κ3) is 2.10. The third-order valence-electron chi connectivity index (χ3n) is 5.18. The molecule has 2 rings (SSSR count). The van der Waals surface area contributed by atoms with E-state index in [2.05, 4.69) is 30.8 Å². The summed E-state index contributed by atoms with van der Waals surface area (Å²) >= 11 is 0. The van der Waals surface area contributed by atoms with Gasteiger partial charge in [-0.1, -0.05) is 20.8 Å². The van der Waals surface area contributed by atoms with Crippen molar-refractivity contribution in [2.75, 3.05) is 13.7 Å². The molecule has 2 aliphatic rings. The van der Waals surface area contributed by atoms with E-state index in [1.165, 1.54) is 26.4 Å². The second-order valence-electron chi connectivity index (χ2n) is 6.63. The zero-order valence-electron chi connectivity index (χ0n) is 11.5. The van der Waals surface area contributed by atoms with Gasteiger partial charge in [0.1, 0.15) is 0 Å². The maximum absolute atomic E-state index is 11.1. The first kappa shape index (κ1) is 12.9. The van der Waals surface area contributed by atoms with Crippen LogP contribution in [0, 0.1) is 16.7 Å². The molecule has 98 valence electrons. The molecule has 0 amide bonds. The van der Waals surface area contributed by atoms with Gasteiger partial charge in [-0.25, -0.2) is 0 Å². The minimum atomic E-state index is -0.122. The number of hydrogen-bond donors (Lipinski definition) is 1. The van der Waals surface area contributed by atoms with Crippen molar-refractivity contribution in [2.45, 2.75) is 52.5 Å². The van der Waals surface area contributed by atoms with Crippen molar-refractivity contribution in [1.82, 2.24) is 5.32 Å². The van der Waals surface area contributed by atoms with E-state index in [0.717, 1.165) is 12.5 Å². The topological polar surface area (TPSA) is 38.3 Å². The predicted molar refractivity (Wildman–Crippen MR) is 67.7 cm³/mol. The Labute approximate surface area is 104 Å². The van der Waals surface area contributed by atoms with E-state index >= 15 is 0 Å². The molecular formula is C14H25NO2. The number of carbonyl (C=O) groups excluding carboxylic acids is 1. The lowest BCUT2D eigenvalue weighted by molar-refractivity contribution is -0.140. The molecule has 0 aromatic rings. The molecule has 2 aliphatic carbocycles. The van der Waals surface area contributed by atoms with Gasteiger partial charge in [-0.3, -0.25) is 4.79 Å². The smallest absolute Gasteiger partial charge is 0.306 e. The Morgan fingerprint density at radius 3 is 2.65 bits per heavy atom. The fraction of sp³-hybridized carbons (Fsp3) is 0.929. The van der Waals surface area contributed by atoms with Crippen LogP contribution in [0.15, 0.2) is 0 Å². The summed E-state index contributed by atoms with van der Waals surface area (Å²) in [6.45, 7) is 7.89. The van der Waals surface area contributed by atoms with Gasteiger partial charge in [0.15, 0.2) is 0 Å². The summed E-state index contributed by atoms with van der Waals surface area (Å²) in [6, 6.07) is 0.540. The molecule has 3 atom stereocenters. The zero-order valence-corrected chi connectivity index (χ0v) is 11.5. The number of methoxy groups -OCH3 is 1. The molecule has 3 nitrogen and oxygen atoms in total. The van der Waals surface area contributed by atoms with Crippen LogP contribution in [0.25, 0.3) is 0 Å². The van der Waals surface area contributed by atoms with E-state index < -0.39 is 0 Å². The first-order chi connectivity index (χ1) is 7.90. The zero-order chi connectivity index (χ0) is 12.7. The van der Waals surface area contributed by atoms with Crippen molar-refractivity contribution in [3.8, 4) is 0 Å². The van der Waals surface area contributed by atoms with E-state index in [1.54, 1.807) is 0 Å². The average molecular weight is 239 g/mol. The van der Waals surface area contributed by atoms with Gasteiger partial charge in [-0.15, -0.1) is 0 Å². The van der Waals surface area contributed by atoms with Gasteiger partial charge in [0.25, 0.3) is 0 Å². The van der Waals surface area contributed by atoms with Crippen LogP contribution < -0.4 is 5.32 Å². The Kier molecular flexibility index (Phi) is 3.23. The summed E-state index contributed by atoms with van der Waals surface area (Å²) in [6.07, 6.45) is 4.52. The number of nitrogens with one attached hydrogen (secondary N) is 1. The van der Waals surface area contributed by atoms with E-state index in [0.29, 0.717) is 23.3 Å². The normalized spacial score (nSPS) is 38.4. The highest BCUT2D eigenvalue weighted by molar-refractivity contribution is 5.69. The van der Waals surface area contributed by atoms with E-state index in [4.69, 9.17) is 0 Å². The molecule has 0 radical (unpaired) electrons. The number of rotatable bonds is 4. The van der Waals surface area contributed by atoms with Crippen LogP contribution >= 0.6 is 0 Å². The predicted octanol–water partition coefficient (Wildman–Crippen LogP) is 2.35. The van der Waals surface area contributed by atoms with Gasteiger partial charge >= 0.3 is 5.97 Å². The molecule has 1 N–H and O–H groups in total. The fourth-order valence-corrected chi connectivity index (χ4v) is 4.23. The monoisotopic (exact) mass is 239 g/mol. The summed E-state index contributed by atoms with van der Waals surface area (Å²) in [4.78, 5) is 11.1. The minimum Gasteiger partial charge on any atom is -0.469 e. The lowest BCUT2D eigenvalue weighted by Gasteiger charge is -2.43. The summed E-state index contributed by atoms with van der Waals surface area (Å²) in [7, 11) is 1.45. The summed E-state index contributed by atoms with van der Waals surface area (Å²) in [5.74, 6) is 0.728. The molecule has 3 heteroatoms. The van der Waals surface area contributed by atoms with Crippen LogP contribution in [0.4, 0.5) is 0 Å². The summed E-state index contributed by atoms with van der Waals surface area (Å²) in [5, 5.41) is 3.61. The minimum absolute atomic E-state index is 0.122. The molecule has 0 aliphatic heterocycles. The molecule has 0 aromatic heterocycles. The van der Waals surface area contributed by atoms with Crippen LogP contribution in [-0.4, -0.2) is 25.7 Å². The van der Waals surface area contributed by atoms with Crippen molar-refractivity contribution in [2.24, 2.45) is 16.7 Å². The number of hydrogen-bond acceptors (Lipinski definition) is 3. The van der Waals surface area contributed by atoms with Crippen LogP contribution in [0.1, 0.15) is 46.5 Å². The number of esters is 1. The van der Waals surface area contributed by atoms with Gasteiger partial charge < -0.3 is 10.1 Å². The standard InChI is InChI=1S/C14H25NO2/c1-13(2)10-5-7-14(3,9-10)12(13)15-8-6-11(16)17-4/h10,12,15H,5-9H2,1-4H3/t10-,12?,14+/m0/s1. The summed E-state index contributed by atoms with van der Waals surface area (Å²) in [5.41, 5.74) is 0.799. The van der Waals surface area contributed by atoms with Crippen molar-refractivity contribution in [3.05, 3.63) is 0 Å². The molecule has 0 spiro atoms. The molecule has 2 fully saturated rings. The Balaban J connectivity index is 1.94. The molecule has 0 heterocycles. The molecule has 0 aromatic carbocycles. The summed E-state index contributed by atoms with van der Waals surface area (Å²) < 4.78 is 4.68. The van der Waals surface area contributed by atoms with Crippen LogP contribution in [0.3, 0.4) is 0 Å². The van der Waals surface area contributed by atoms with Crippen molar-refractivity contribution in [1.29, 1.82) is 0 Å². The Hall–Kier alpha value is -0.570. The van der Waals surface area contributed by atoms with E-state index in [1.807, 2.05) is 0 Å². The third-order valence-corrected chi connectivity index (χ3v) is 5.18. The quantitative estimate of drug-likeness (QED) is 0.765. The molecule has 1 unspecified atom stereocenters. The average Bonchev–Trinajstić information content (AvgIpc) is 2.73. The lowest BCUT2D eigenvalue weighted by Crippen LogP contribution is -2.50. The Bertz CT molecular complexity index is 309. The molecular weight excluding hydrogens is 214 g/mol. The van der Waals surface area contributed by atoms with E-state index in [-0.39, 0.29) is 5.97 Å². The Morgan fingerprint density at radius 1 is 1.41 bits per heavy atom. The molecule has 2 saturated carbocycles. The second kappa shape index (κ2) is 4.27. The highest BCUT2D eigenvalue weighted by atomic mass is 16.5. The lowest BCUT2D eigenvalue weighted by atomic mass is 9.68. The van der Waals surface area contributed by atoms with Gasteiger partial charge in [0, 0.05) is 12.6 Å². The highest BCUT2D eigenvalue weighted by Gasteiger charge is 2.58. The molecule has 17 heavy (non-hydrogen) atoms. The van der Waals surface area contributed by atoms with Gasteiger partial charge in [0.2, 0.25) is 0 Å². The second-order valence-corrected chi connectivity index (χ2v) is 6.63. The number of fused-ring (bicyclic) bond motifs is 2. The van der Waals surface area contributed by atoms with Crippen molar-refractivity contribution >= 4 is 5.97 Å². The molecule has 2 bridgehead atoms. The largest absolute Gasteiger partial charge is 0.469 e.